The predicted octanol–water partition coefficient (Wildman–Crippen LogP) is 1.98. The van der Waals surface area contributed by atoms with Gasteiger partial charge in [-0.15, -0.1) is 0 Å². The molecule has 0 aliphatic carbocycles. The Morgan fingerprint density at radius 3 is 2.50 bits per heavy atom. The van der Waals surface area contributed by atoms with E-state index in [1.165, 1.54) is 0 Å². The van der Waals surface area contributed by atoms with E-state index in [1.54, 1.807) is 24.3 Å². The molecule has 0 aliphatic rings. The molecule has 88 valence electrons. The Morgan fingerprint density at radius 1 is 1.38 bits per heavy atom. The molecule has 1 rings (SSSR count). The van der Waals surface area contributed by atoms with Crippen molar-refractivity contribution in [1.29, 1.82) is 0 Å². The highest BCUT2D eigenvalue weighted by Gasteiger charge is 2.15. The third-order valence-corrected chi connectivity index (χ3v) is 2.20. The number of ether oxygens (including phenoxy) is 1. The molecule has 0 aromatic heterocycles. The average Bonchev–Trinajstić information content (AvgIpc) is 2.29. The van der Waals surface area contributed by atoms with E-state index < -0.39 is 12.1 Å². The van der Waals surface area contributed by atoms with Crippen molar-refractivity contribution in [3.05, 3.63) is 29.8 Å². The van der Waals surface area contributed by atoms with Crippen molar-refractivity contribution in [2.45, 2.75) is 25.9 Å². The van der Waals surface area contributed by atoms with Crippen LogP contribution in [0.5, 0.6) is 5.75 Å². The first-order valence-corrected chi connectivity index (χ1v) is 5.28. The molecule has 0 fully saturated rings. The first-order valence-electron chi connectivity index (χ1n) is 5.28. The molecular formula is C12H16O4. The van der Waals surface area contributed by atoms with E-state index in [2.05, 4.69) is 6.92 Å². The zero-order valence-electron chi connectivity index (χ0n) is 9.22. The van der Waals surface area contributed by atoms with Gasteiger partial charge in [-0.3, -0.25) is 0 Å². The maximum Gasteiger partial charge on any atom is 0.337 e. The standard InChI is InChI=1S/C12H16O4/c1-2-3-8-16-10-6-4-9(5-7-10)11(13)12(14)15/h4-7,11,13H,2-3,8H2,1H3,(H,14,15)/t11-/m1/s1. The van der Waals surface area contributed by atoms with Crippen LogP contribution in [0.15, 0.2) is 24.3 Å². The van der Waals surface area contributed by atoms with Gasteiger partial charge in [0.15, 0.2) is 6.10 Å². The molecule has 1 atom stereocenters. The summed E-state index contributed by atoms with van der Waals surface area (Å²) in [5.41, 5.74) is 0.357. The van der Waals surface area contributed by atoms with Crippen molar-refractivity contribution in [2.75, 3.05) is 6.61 Å². The number of benzene rings is 1. The zero-order valence-corrected chi connectivity index (χ0v) is 9.22. The molecule has 4 nitrogen and oxygen atoms in total. The summed E-state index contributed by atoms with van der Waals surface area (Å²) in [6.45, 7) is 2.73. The smallest absolute Gasteiger partial charge is 0.337 e. The third-order valence-electron chi connectivity index (χ3n) is 2.20. The van der Waals surface area contributed by atoms with Crippen molar-refractivity contribution in [2.24, 2.45) is 0 Å². The third kappa shape index (κ3) is 3.55. The van der Waals surface area contributed by atoms with E-state index in [4.69, 9.17) is 9.84 Å². The minimum atomic E-state index is -1.47. The van der Waals surface area contributed by atoms with Gasteiger partial charge in [0.05, 0.1) is 6.61 Å². The van der Waals surface area contributed by atoms with Crippen LogP contribution >= 0.6 is 0 Å². The van der Waals surface area contributed by atoms with E-state index >= 15 is 0 Å². The SMILES string of the molecule is CCCCOc1ccc([C@@H](O)C(=O)O)cc1. The number of aliphatic hydroxyl groups excluding tert-OH is 1. The molecule has 0 unspecified atom stereocenters. The molecule has 0 heterocycles. The van der Waals surface area contributed by atoms with Crippen molar-refractivity contribution < 1.29 is 19.7 Å². The fourth-order valence-corrected chi connectivity index (χ4v) is 1.22. The second kappa shape index (κ2) is 6.12. The summed E-state index contributed by atoms with van der Waals surface area (Å²) in [4.78, 5) is 10.5. The lowest BCUT2D eigenvalue weighted by Crippen LogP contribution is -2.10. The largest absolute Gasteiger partial charge is 0.494 e. The van der Waals surface area contributed by atoms with Crippen molar-refractivity contribution >= 4 is 5.97 Å². The minimum Gasteiger partial charge on any atom is -0.494 e. The Balaban J connectivity index is 2.57. The van der Waals surface area contributed by atoms with E-state index in [-0.39, 0.29) is 0 Å². The number of hydrogen-bond acceptors (Lipinski definition) is 3. The first-order chi connectivity index (χ1) is 7.65. The molecule has 0 amide bonds. The van der Waals surface area contributed by atoms with Crippen molar-refractivity contribution in [3.63, 3.8) is 0 Å². The van der Waals surface area contributed by atoms with E-state index in [1.807, 2.05) is 0 Å². The number of hydrogen-bond donors (Lipinski definition) is 2. The molecule has 0 saturated carbocycles. The summed E-state index contributed by atoms with van der Waals surface area (Å²) < 4.78 is 5.41. The summed E-state index contributed by atoms with van der Waals surface area (Å²) in [6, 6.07) is 6.44. The van der Waals surface area contributed by atoms with Gasteiger partial charge >= 0.3 is 5.97 Å². The number of aliphatic carboxylic acids is 1. The Bertz CT molecular complexity index is 331. The number of carboxylic acid groups (broad SMARTS) is 1. The fourth-order valence-electron chi connectivity index (χ4n) is 1.22. The monoisotopic (exact) mass is 224 g/mol. The summed E-state index contributed by atoms with van der Waals surface area (Å²) in [5.74, 6) is -0.561. The van der Waals surface area contributed by atoms with Crippen LogP contribution in [0.25, 0.3) is 0 Å². The predicted molar refractivity (Wildman–Crippen MR) is 59.4 cm³/mol. The van der Waals surface area contributed by atoms with Gasteiger partial charge in [-0.05, 0) is 24.1 Å². The molecule has 2 N–H and O–H groups in total. The number of unbranched alkanes of at least 4 members (excludes halogenated alkanes) is 1. The van der Waals surface area contributed by atoms with Gasteiger partial charge in [-0.2, -0.15) is 0 Å². The van der Waals surface area contributed by atoms with Crippen molar-refractivity contribution in [3.8, 4) is 5.75 Å². The van der Waals surface area contributed by atoms with Crippen LogP contribution in [-0.4, -0.2) is 22.8 Å². The van der Waals surface area contributed by atoms with Crippen LogP contribution in [0, 0.1) is 0 Å². The van der Waals surface area contributed by atoms with Crippen LogP contribution in [0.3, 0.4) is 0 Å². The van der Waals surface area contributed by atoms with Crippen LogP contribution < -0.4 is 4.74 Å². The molecule has 1 aromatic rings. The Hall–Kier alpha value is -1.55. The molecule has 0 saturated heterocycles. The molecule has 0 radical (unpaired) electrons. The van der Waals surface area contributed by atoms with Gasteiger partial charge in [-0.25, -0.2) is 4.79 Å². The van der Waals surface area contributed by atoms with Crippen LogP contribution in [0.1, 0.15) is 31.4 Å². The normalized spacial score (nSPS) is 12.1. The highest BCUT2D eigenvalue weighted by atomic mass is 16.5. The van der Waals surface area contributed by atoms with E-state index in [0.717, 1.165) is 12.8 Å². The highest BCUT2D eigenvalue weighted by molar-refractivity contribution is 5.74. The van der Waals surface area contributed by atoms with E-state index in [0.29, 0.717) is 17.9 Å². The van der Waals surface area contributed by atoms with Crippen LogP contribution in [0.4, 0.5) is 0 Å². The lowest BCUT2D eigenvalue weighted by molar-refractivity contribution is -0.146. The van der Waals surface area contributed by atoms with E-state index in [9.17, 15) is 9.90 Å². The second-order valence-corrected chi connectivity index (χ2v) is 3.51. The lowest BCUT2D eigenvalue weighted by Gasteiger charge is -2.08. The highest BCUT2D eigenvalue weighted by Crippen LogP contribution is 2.18. The van der Waals surface area contributed by atoms with Gasteiger partial charge in [0.25, 0.3) is 0 Å². The van der Waals surface area contributed by atoms with Gasteiger partial charge in [0.2, 0.25) is 0 Å². The second-order valence-electron chi connectivity index (χ2n) is 3.51. The first kappa shape index (κ1) is 12.5. The molecular weight excluding hydrogens is 208 g/mol. The number of carbonyl (C=O) groups is 1. The van der Waals surface area contributed by atoms with Gasteiger partial charge < -0.3 is 14.9 Å². The zero-order chi connectivity index (χ0) is 12.0. The number of aliphatic hydroxyl groups is 1. The number of rotatable bonds is 6. The molecule has 1 aromatic carbocycles. The van der Waals surface area contributed by atoms with Crippen LogP contribution in [0.2, 0.25) is 0 Å². The molecule has 16 heavy (non-hydrogen) atoms. The summed E-state index contributed by atoms with van der Waals surface area (Å²) in [7, 11) is 0. The Labute approximate surface area is 94.5 Å². The quantitative estimate of drug-likeness (QED) is 0.725. The molecule has 4 heteroatoms. The lowest BCUT2D eigenvalue weighted by atomic mass is 10.1. The topological polar surface area (TPSA) is 66.8 Å². The maximum absolute atomic E-state index is 10.5. The van der Waals surface area contributed by atoms with Crippen molar-refractivity contribution in [1.82, 2.24) is 0 Å². The minimum absolute atomic E-state index is 0.357. The summed E-state index contributed by atoms with van der Waals surface area (Å²) >= 11 is 0. The Kier molecular flexibility index (Phi) is 4.79. The van der Waals surface area contributed by atoms with Crippen LogP contribution in [-0.2, 0) is 4.79 Å². The maximum atomic E-state index is 10.5. The summed E-state index contributed by atoms with van der Waals surface area (Å²) in [5, 5.41) is 17.9. The van der Waals surface area contributed by atoms with Gasteiger partial charge in [0.1, 0.15) is 5.75 Å². The Morgan fingerprint density at radius 2 is 2.00 bits per heavy atom. The molecule has 0 aliphatic heterocycles. The number of carboxylic acids is 1. The molecule has 0 bridgehead atoms. The average molecular weight is 224 g/mol. The van der Waals surface area contributed by atoms with Gasteiger partial charge in [0, 0.05) is 0 Å². The van der Waals surface area contributed by atoms with Gasteiger partial charge in [-0.1, -0.05) is 25.5 Å². The molecule has 0 spiro atoms. The summed E-state index contributed by atoms with van der Waals surface area (Å²) in [6.07, 6.45) is 0.583. The fraction of sp³-hybridized carbons (Fsp3) is 0.417.